The summed E-state index contributed by atoms with van der Waals surface area (Å²) in [5, 5.41) is 0.581. The maximum Gasteiger partial charge on any atom is 0.178 e. The number of rotatable bonds is 3. The van der Waals surface area contributed by atoms with E-state index in [4.69, 9.17) is 11.6 Å². The Labute approximate surface area is 94.3 Å². The van der Waals surface area contributed by atoms with Crippen LogP contribution in [0.2, 0.25) is 5.02 Å². The minimum absolute atomic E-state index is 0.0807. The SMILES string of the molecule is C=Cc1ccc(Cl)cc1C(=NC)C(C)=O. The predicted molar refractivity (Wildman–Crippen MR) is 64.7 cm³/mol. The molecule has 3 heteroatoms. The third-order valence-electron chi connectivity index (χ3n) is 2.05. The summed E-state index contributed by atoms with van der Waals surface area (Å²) < 4.78 is 0. The number of aliphatic imine (C=N–C) groups is 1. The van der Waals surface area contributed by atoms with E-state index in [1.54, 1.807) is 25.3 Å². The molecule has 0 heterocycles. The summed E-state index contributed by atoms with van der Waals surface area (Å²) in [6.45, 7) is 5.17. The van der Waals surface area contributed by atoms with Crippen molar-refractivity contribution in [3.05, 3.63) is 40.9 Å². The van der Waals surface area contributed by atoms with Crippen molar-refractivity contribution in [3.63, 3.8) is 0 Å². The minimum atomic E-state index is -0.0807. The maximum atomic E-state index is 11.3. The molecule has 1 aromatic carbocycles. The summed E-state index contributed by atoms with van der Waals surface area (Å²) >= 11 is 5.88. The highest BCUT2D eigenvalue weighted by atomic mass is 35.5. The van der Waals surface area contributed by atoms with Crippen LogP contribution in [0.25, 0.3) is 6.08 Å². The first-order valence-electron chi connectivity index (χ1n) is 4.50. The van der Waals surface area contributed by atoms with Gasteiger partial charge in [-0.1, -0.05) is 30.3 Å². The first-order chi connectivity index (χ1) is 7.10. The van der Waals surface area contributed by atoms with Gasteiger partial charge in [0.15, 0.2) is 5.78 Å². The summed E-state index contributed by atoms with van der Waals surface area (Å²) in [5.74, 6) is -0.0807. The zero-order valence-corrected chi connectivity index (χ0v) is 9.51. The molecule has 0 bridgehead atoms. The summed E-state index contributed by atoms with van der Waals surface area (Å²) in [5.41, 5.74) is 2.01. The fraction of sp³-hybridized carbons (Fsp3) is 0.167. The van der Waals surface area contributed by atoms with E-state index in [0.29, 0.717) is 10.7 Å². The van der Waals surface area contributed by atoms with Crippen LogP contribution in [0.4, 0.5) is 0 Å². The van der Waals surface area contributed by atoms with Gasteiger partial charge in [-0.05, 0) is 17.7 Å². The average Bonchev–Trinajstić information content (AvgIpc) is 2.18. The third-order valence-corrected chi connectivity index (χ3v) is 2.28. The second kappa shape index (κ2) is 4.89. The predicted octanol–water partition coefficient (Wildman–Crippen LogP) is 2.99. The molecule has 0 amide bonds. The standard InChI is InChI=1S/C12H12ClNO/c1-4-9-5-6-10(13)7-11(9)12(14-3)8(2)15/h4-7H,1H2,2-3H3. The Morgan fingerprint density at radius 3 is 2.67 bits per heavy atom. The van der Waals surface area contributed by atoms with E-state index in [1.807, 2.05) is 6.07 Å². The summed E-state index contributed by atoms with van der Waals surface area (Å²) in [4.78, 5) is 15.3. The number of benzene rings is 1. The lowest BCUT2D eigenvalue weighted by molar-refractivity contribution is -0.111. The van der Waals surface area contributed by atoms with Crippen LogP contribution in [0.5, 0.6) is 0 Å². The van der Waals surface area contributed by atoms with E-state index < -0.39 is 0 Å². The fourth-order valence-corrected chi connectivity index (χ4v) is 1.55. The summed E-state index contributed by atoms with van der Waals surface area (Å²) in [7, 11) is 1.59. The number of hydrogen-bond acceptors (Lipinski definition) is 2. The molecule has 1 aromatic rings. The van der Waals surface area contributed by atoms with Gasteiger partial charge in [0, 0.05) is 24.6 Å². The first kappa shape index (κ1) is 11.7. The molecule has 0 saturated heterocycles. The second-order valence-corrected chi connectivity index (χ2v) is 3.50. The fourth-order valence-electron chi connectivity index (χ4n) is 1.38. The molecule has 15 heavy (non-hydrogen) atoms. The number of carbonyl (C=O) groups is 1. The van der Waals surface area contributed by atoms with Crippen molar-refractivity contribution in [2.75, 3.05) is 7.05 Å². The van der Waals surface area contributed by atoms with Gasteiger partial charge in [-0.2, -0.15) is 0 Å². The van der Waals surface area contributed by atoms with Crippen molar-refractivity contribution < 1.29 is 4.79 Å². The van der Waals surface area contributed by atoms with Crippen LogP contribution >= 0.6 is 11.6 Å². The van der Waals surface area contributed by atoms with Gasteiger partial charge < -0.3 is 0 Å². The molecule has 0 radical (unpaired) electrons. The molecule has 2 nitrogen and oxygen atoms in total. The monoisotopic (exact) mass is 221 g/mol. The lowest BCUT2D eigenvalue weighted by Gasteiger charge is -2.06. The second-order valence-electron chi connectivity index (χ2n) is 3.06. The highest BCUT2D eigenvalue weighted by Gasteiger charge is 2.11. The van der Waals surface area contributed by atoms with Gasteiger partial charge in [0.25, 0.3) is 0 Å². The highest BCUT2D eigenvalue weighted by Crippen LogP contribution is 2.18. The van der Waals surface area contributed by atoms with Crippen LogP contribution in [0.1, 0.15) is 18.1 Å². The molecule has 0 spiro atoms. The molecule has 0 aliphatic rings. The molecule has 0 aliphatic carbocycles. The van der Waals surface area contributed by atoms with Gasteiger partial charge in [0.1, 0.15) is 5.71 Å². The van der Waals surface area contributed by atoms with Gasteiger partial charge in [-0.15, -0.1) is 0 Å². The summed E-state index contributed by atoms with van der Waals surface area (Å²) in [6, 6.07) is 5.30. The Morgan fingerprint density at radius 1 is 1.53 bits per heavy atom. The molecule has 0 atom stereocenters. The van der Waals surface area contributed by atoms with Gasteiger partial charge in [-0.25, -0.2) is 0 Å². The van der Waals surface area contributed by atoms with Crippen LogP contribution in [-0.2, 0) is 4.79 Å². The molecular formula is C12H12ClNO. The first-order valence-corrected chi connectivity index (χ1v) is 4.88. The molecule has 1 rings (SSSR count). The Morgan fingerprint density at radius 2 is 2.20 bits per heavy atom. The van der Waals surface area contributed by atoms with Crippen molar-refractivity contribution in [2.45, 2.75) is 6.92 Å². The highest BCUT2D eigenvalue weighted by molar-refractivity contribution is 6.46. The third kappa shape index (κ3) is 2.54. The normalized spacial score (nSPS) is 11.3. The topological polar surface area (TPSA) is 29.4 Å². The lowest BCUT2D eigenvalue weighted by atomic mass is 10.0. The molecule has 0 unspecified atom stereocenters. The van der Waals surface area contributed by atoms with E-state index in [2.05, 4.69) is 11.6 Å². The zero-order valence-electron chi connectivity index (χ0n) is 8.75. The Hall–Kier alpha value is -1.41. The van der Waals surface area contributed by atoms with Gasteiger partial charge >= 0.3 is 0 Å². The van der Waals surface area contributed by atoms with E-state index in [-0.39, 0.29) is 5.78 Å². The van der Waals surface area contributed by atoms with Crippen LogP contribution < -0.4 is 0 Å². The van der Waals surface area contributed by atoms with Crippen molar-refractivity contribution in [3.8, 4) is 0 Å². The van der Waals surface area contributed by atoms with Crippen LogP contribution in [0.3, 0.4) is 0 Å². The van der Waals surface area contributed by atoms with Crippen LogP contribution in [-0.4, -0.2) is 18.5 Å². The lowest BCUT2D eigenvalue weighted by Crippen LogP contribution is -2.13. The molecule has 0 aromatic heterocycles. The molecule has 0 fully saturated rings. The van der Waals surface area contributed by atoms with E-state index >= 15 is 0 Å². The zero-order chi connectivity index (χ0) is 11.4. The number of ketones is 1. The minimum Gasteiger partial charge on any atom is -0.293 e. The molecule has 0 saturated carbocycles. The number of hydrogen-bond donors (Lipinski definition) is 0. The number of nitrogens with zero attached hydrogens (tertiary/aromatic N) is 1. The Kier molecular flexibility index (Phi) is 3.81. The number of halogens is 1. The van der Waals surface area contributed by atoms with Gasteiger partial charge in [-0.3, -0.25) is 9.79 Å². The van der Waals surface area contributed by atoms with Crippen molar-refractivity contribution >= 4 is 29.2 Å². The smallest absolute Gasteiger partial charge is 0.178 e. The Balaban J connectivity index is 3.39. The Bertz CT molecular complexity index is 435. The largest absolute Gasteiger partial charge is 0.293 e. The molecular weight excluding hydrogens is 210 g/mol. The molecule has 0 N–H and O–H groups in total. The van der Waals surface area contributed by atoms with Crippen molar-refractivity contribution in [1.29, 1.82) is 0 Å². The molecule has 78 valence electrons. The number of carbonyl (C=O) groups excluding carboxylic acids is 1. The van der Waals surface area contributed by atoms with Crippen LogP contribution in [0, 0.1) is 0 Å². The number of Topliss-reactive ketones (excluding diaryl/α,β-unsaturated/α-hetero) is 1. The van der Waals surface area contributed by atoms with Gasteiger partial charge in [0.2, 0.25) is 0 Å². The average molecular weight is 222 g/mol. The summed E-state index contributed by atoms with van der Waals surface area (Å²) in [6.07, 6.45) is 1.68. The van der Waals surface area contributed by atoms with Crippen LogP contribution in [0.15, 0.2) is 29.8 Å². The van der Waals surface area contributed by atoms with Crippen molar-refractivity contribution in [1.82, 2.24) is 0 Å². The maximum absolute atomic E-state index is 11.3. The quantitative estimate of drug-likeness (QED) is 0.722. The van der Waals surface area contributed by atoms with Crippen molar-refractivity contribution in [2.24, 2.45) is 4.99 Å². The molecule has 0 aliphatic heterocycles. The van der Waals surface area contributed by atoms with E-state index in [9.17, 15) is 4.79 Å². The van der Waals surface area contributed by atoms with E-state index in [1.165, 1.54) is 6.92 Å². The van der Waals surface area contributed by atoms with E-state index in [0.717, 1.165) is 11.1 Å². The van der Waals surface area contributed by atoms with Gasteiger partial charge in [0.05, 0.1) is 0 Å².